The van der Waals surface area contributed by atoms with Crippen molar-refractivity contribution in [3.8, 4) is 0 Å². The highest BCUT2D eigenvalue weighted by molar-refractivity contribution is 5.79. The van der Waals surface area contributed by atoms with Crippen LogP contribution in [0.1, 0.15) is 32.6 Å². The van der Waals surface area contributed by atoms with E-state index in [2.05, 4.69) is 5.32 Å². The van der Waals surface area contributed by atoms with Crippen molar-refractivity contribution in [2.45, 2.75) is 44.8 Å². The molecule has 0 aromatic carbocycles. The third-order valence-corrected chi connectivity index (χ3v) is 3.79. The van der Waals surface area contributed by atoms with E-state index in [0.717, 1.165) is 45.3 Å². The summed E-state index contributed by atoms with van der Waals surface area (Å²) >= 11 is 0. The van der Waals surface area contributed by atoms with Gasteiger partial charge in [0.2, 0.25) is 5.91 Å². The number of rotatable bonds is 2. The van der Waals surface area contributed by atoms with Gasteiger partial charge in [0.05, 0.1) is 18.1 Å². The number of amides is 1. The van der Waals surface area contributed by atoms with Gasteiger partial charge >= 0.3 is 0 Å². The Bertz CT molecular complexity index is 249. The van der Waals surface area contributed by atoms with Crippen LogP contribution in [0.5, 0.6) is 0 Å². The molecular weight excluding hydrogens is 204 g/mol. The van der Waals surface area contributed by atoms with Crippen molar-refractivity contribution in [3.05, 3.63) is 0 Å². The zero-order chi connectivity index (χ0) is 11.5. The first kappa shape index (κ1) is 11.9. The van der Waals surface area contributed by atoms with Gasteiger partial charge in [0.25, 0.3) is 0 Å². The molecule has 2 rings (SSSR count). The molecule has 0 bridgehead atoms. The summed E-state index contributed by atoms with van der Waals surface area (Å²) in [6.07, 6.45) is 3.66. The van der Waals surface area contributed by atoms with E-state index in [0.29, 0.717) is 0 Å². The highest BCUT2D eigenvalue weighted by Gasteiger charge is 2.35. The first-order chi connectivity index (χ1) is 7.70. The number of hydrogen-bond donors (Lipinski definition) is 2. The molecule has 16 heavy (non-hydrogen) atoms. The van der Waals surface area contributed by atoms with Gasteiger partial charge in [0.15, 0.2) is 0 Å². The quantitative estimate of drug-likeness (QED) is 0.715. The van der Waals surface area contributed by atoms with Crippen molar-refractivity contribution in [2.75, 3.05) is 19.6 Å². The zero-order valence-corrected chi connectivity index (χ0v) is 9.98. The van der Waals surface area contributed by atoms with E-state index >= 15 is 0 Å². The fourth-order valence-electron chi connectivity index (χ4n) is 2.86. The van der Waals surface area contributed by atoms with Gasteiger partial charge in [-0.05, 0) is 39.2 Å². The Morgan fingerprint density at radius 2 is 2.25 bits per heavy atom. The standard InChI is InChI=1S/C12H22N2O2/c1-9(15)11-5-3-7-14(11)12(16)10-4-2-6-13-8-10/h9-11,13,15H,2-8H2,1H3/t9-,10-,11-/m0/s1. The fourth-order valence-corrected chi connectivity index (χ4v) is 2.86. The van der Waals surface area contributed by atoms with Crippen LogP contribution < -0.4 is 5.32 Å². The molecule has 2 heterocycles. The average Bonchev–Trinajstić information content (AvgIpc) is 2.78. The monoisotopic (exact) mass is 226 g/mol. The molecule has 0 unspecified atom stereocenters. The smallest absolute Gasteiger partial charge is 0.227 e. The summed E-state index contributed by atoms with van der Waals surface area (Å²) in [7, 11) is 0. The van der Waals surface area contributed by atoms with Crippen LogP contribution in [0.15, 0.2) is 0 Å². The number of nitrogens with zero attached hydrogens (tertiary/aromatic N) is 1. The molecular formula is C12H22N2O2. The van der Waals surface area contributed by atoms with Gasteiger partial charge in [-0.1, -0.05) is 0 Å². The Balaban J connectivity index is 1.97. The predicted octanol–water partition coefficient (Wildman–Crippen LogP) is 0.358. The van der Waals surface area contributed by atoms with Crippen LogP contribution in [0, 0.1) is 5.92 Å². The average molecular weight is 226 g/mol. The van der Waals surface area contributed by atoms with E-state index in [4.69, 9.17) is 0 Å². The fraction of sp³-hybridized carbons (Fsp3) is 0.917. The van der Waals surface area contributed by atoms with Crippen LogP contribution in [0.3, 0.4) is 0 Å². The largest absolute Gasteiger partial charge is 0.391 e. The number of carbonyl (C=O) groups is 1. The summed E-state index contributed by atoms with van der Waals surface area (Å²) in [6, 6.07) is 0.0504. The van der Waals surface area contributed by atoms with Gasteiger partial charge in [-0.15, -0.1) is 0 Å². The van der Waals surface area contributed by atoms with E-state index < -0.39 is 6.10 Å². The van der Waals surface area contributed by atoms with Crippen LogP contribution >= 0.6 is 0 Å². The molecule has 4 heteroatoms. The highest BCUT2D eigenvalue weighted by Crippen LogP contribution is 2.24. The number of carbonyl (C=O) groups excluding carboxylic acids is 1. The first-order valence-corrected chi connectivity index (χ1v) is 6.39. The second-order valence-electron chi connectivity index (χ2n) is 5.03. The minimum atomic E-state index is -0.400. The normalized spacial score (nSPS) is 32.8. The lowest BCUT2D eigenvalue weighted by atomic mass is 9.97. The van der Waals surface area contributed by atoms with Crippen LogP contribution in [0.2, 0.25) is 0 Å². The van der Waals surface area contributed by atoms with Crippen molar-refractivity contribution >= 4 is 5.91 Å². The van der Waals surface area contributed by atoms with E-state index in [-0.39, 0.29) is 17.9 Å². The van der Waals surface area contributed by atoms with Gasteiger partial charge in [-0.2, -0.15) is 0 Å². The van der Waals surface area contributed by atoms with Crippen LogP contribution in [-0.2, 0) is 4.79 Å². The van der Waals surface area contributed by atoms with Crippen molar-refractivity contribution in [1.29, 1.82) is 0 Å². The number of piperidine rings is 1. The topological polar surface area (TPSA) is 52.6 Å². The third-order valence-electron chi connectivity index (χ3n) is 3.79. The lowest BCUT2D eigenvalue weighted by molar-refractivity contribution is -0.138. The molecule has 0 radical (unpaired) electrons. The minimum Gasteiger partial charge on any atom is -0.391 e. The summed E-state index contributed by atoms with van der Waals surface area (Å²) in [4.78, 5) is 14.2. The van der Waals surface area contributed by atoms with Crippen molar-refractivity contribution in [1.82, 2.24) is 10.2 Å². The van der Waals surface area contributed by atoms with Gasteiger partial charge < -0.3 is 15.3 Å². The second-order valence-corrected chi connectivity index (χ2v) is 5.03. The maximum Gasteiger partial charge on any atom is 0.227 e. The van der Waals surface area contributed by atoms with E-state index in [1.54, 1.807) is 6.92 Å². The van der Waals surface area contributed by atoms with E-state index in [9.17, 15) is 9.90 Å². The maximum absolute atomic E-state index is 12.3. The summed E-state index contributed by atoms with van der Waals surface area (Å²) in [5.74, 6) is 0.378. The summed E-state index contributed by atoms with van der Waals surface area (Å²) in [5.41, 5.74) is 0. The Morgan fingerprint density at radius 3 is 2.88 bits per heavy atom. The predicted molar refractivity (Wildman–Crippen MR) is 62.0 cm³/mol. The number of likely N-dealkylation sites (tertiary alicyclic amines) is 1. The summed E-state index contributed by atoms with van der Waals surface area (Å²) < 4.78 is 0. The zero-order valence-electron chi connectivity index (χ0n) is 9.98. The van der Waals surface area contributed by atoms with Gasteiger partial charge in [-0.25, -0.2) is 0 Å². The van der Waals surface area contributed by atoms with Crippen LogP contribution in [0.25, 0.3) is 0 Å². The molecule has 0 spiro atoms. The van der Waals surface area contributed by atoms with Gasteiger partial charge in [-0.3, -0.25) is 4.79 Å². The Hall–Kier alpha value is -0.610. The molecule has 4 nitrogen and oxygen atoms in total. The molecule has 0 aromatic rings. The molecule has 1 amide bonds. The summed E-state index contributed by atoms with van der Waals surface area (Å²) in [6.45, 7) is 4.45. The molecule has 3 atom stereocenters. The van der Waals surface area contributed by atoms with Gasteiger partial charge in [0.1, 0.15) is 0 Å². The second kappa shape index (κ2) is 5.15. The van der Waals surface area contributed by atoms with Crippen molar-refractivity contribution < 1.29 is 9.90 Å². The van der Waals surface area contributed by atoms with E-state index in [1.165, 1.54) is 0 Å². The molecule has 2 aliphatic heterocycles. The molecule has 2 N–H and O–H groups in total. The van der Waals surface area contributed by atoms with E-state index in [1.807, 2.05) is 4.90 Å². The van der Waals surface area contributed by atoms with Crippen molar-refractivity contribution in [2.24, 2.45) is 5.92 Å². The Kier molecular flexibility index (Phi) is 3.82. The summed E-state index contributed by atoms with van der Waals surface area (Å²) in [5, 5.41) is 12.9. The number of aliphatic hydroxyl groups excluding tert-OH is 1. The first-order valence-electron chi connectivity index (χ1n) is 6.39. The third kappa shape index (κ3) is 2.38. The molecule has 0 aromatic heterocycles. The maximum atomic E-state index is 12.3. The molecule has 2 fully saturated rings. The number of hydrogen-bond acceptors (Lipinski definition) is 3. The van der Waals surface area contributed by atoms with Crippen LogP contribution in [-0.4, -0.2) is 47.7 Å². The lowest BCUT2D eigenvalue weighted by Gasteiger charge is -2.32. The molecule has 2 aliphatic rings. The Morgan fingerprint density at radius 1 is 1.44 bits per heavy atom. The number of aliphatic hydroxyl groups is 1. The SMILES string of the molecule is C[C@H](O)[C@@H]1CCCN1C(=O)[C@H]1CCCNC1. The van der Waals surface area contributed by atoms with Crippen LogP contribution in [0.4, 0.5) is 0 Å². The number of nitrogens with one attached hydrogen (secondary N) is 1. The lowest BCUT2D eigenvalue weighted by Crippen LogP contribution is -2.47. The highest BCUT2D eigenvalue weighted by atomic mass is 16.3. The molecule has 2 saturated heterocycles. The molecule has 0 aliphatic carbocycles. The van der Waals surface area contributed by atoms with Gasteiger partial charge in [0, 0.05) is 13.1 Å². The molecule has 92 valence electrons. The Labute approximate surface area is 97.0 Å². The van der Waals surface area contributed by atoms with Crippen molar-refractivity contribution in [3.63, 3.8) is 0 Å². The molecule has 0 saturated carbocycles. The minimum absolute atomic E-state index is 0.0504.